The summed E-state index contributed by atoms with van der Waals surface area (Å²) >= 11 is 0. The van der Waals surface area contributed by atoms with Crippen LogP contribution in [-0.2, 0) is 0 Å². The Morgan fingerprint density at radius 2 is 0.692 bits per heavy atom. The van der Waals surface area contributed by atoms with Crippen LogP contribution in [0.1, 0.15) is 0 Å². The van der Waals surface area contributed by atoms with Gasteiger partial charge in [0.1, 0.15) is 0 Å². The summed E-state index contributed by atoms with van der Waals surface area (Å²) in [5.41, 5.74) is 15.3. The maximum Gasteiger partial charge on any atom is 0.0540 e. The summed E-state index contributed by atoms with van der Waals surface area (Å²) in [6, 6.07) is 95.2. The van der Waals surface area contributed by atoms with Crippen molar-refractivity contribution in [1.29, 1.82) is 0 Å². The van der Waals surface area contributed by atoms with Crippen LogP contribution in [0, 0.1) is 0 Å². The lowest BCUT2D eigenvalue weighted by Gasteiger charge is -2.28. The van der Waals surface area contributed by atoms with Crippen LogP contribution in [0.5, 0.6) is 0 Å². The van der Waals surface area contributed by atoms with Crippen molar-refractivity contribution in [2.24, 2.45) is 0 Å². The van der Waals surface area contributed by atoms with Gasteiger partial charge in [-0.05, 0) is 130 Å². The van der Waals surface area contributed by atoms with Crippen molar-refractivity contribution in [1.82, 2.24) is 0 Å². The fourth-order valence-electron chi connectivity index (χ4n) is 10.0. The monoisotopic (exact) mass is 825 g/mol. The number of nitrogens with zero attached hydrogens (tertiary/aromatic N) is 1. The first kappa shape index (κ1) is 38.2. The number of hydrogen-bond acceptors (Lipinski definition) is 1. The van der Waals surface area contributed by atoms with Crippen LogP contribution >= 0.6 is 0 Å². The lowest BCUT2D eigenvalue weighted by molar-refractivity contribution is 1.28. The smallest absolute Gasteiger partial charge is 0.0540 e. The molecule has 0 radical (unpaired) electrons. The van der Waals surface area contributed by atoms with Gasteiger partial charge < -0.3 is 4.90 Å². The number of hydrogen-bond donors (Lipinski definition) is 0. The summed E-state index contributed by atoms with van der Waals surface area (Å²) in [6.45, 7) is 0. The highest BCUT2D eigenvalue weighted by Crippen LogP contribution is 2.45. The first-order valence-corrected chi connectivity index (χ1v) is 22.4. The molecule has 12 aromatic carbocycles. The molecule has 0 aliphatic carbocycles. The van der Waals surface area contributed by atoms with Crippen molar-refractivity contribution in [2.45, 2.75) is 0 Å². The van der Waals surface area contributed by atoms with E-state index in [-0.39, 0.29) is 0 Å². The summed E-state index contributed by atoms with van der Waals surface area (Å²) in [5.74, 6) is 0. The van der Waals surface area contributed by atoms with Crippen molar-refractivity contribution in [2.75, 3.05) is 4.90 Å². The molecule has 0 unspecified atom stereocenters. The van der Waals surface area contributed by atoms with E-state index in [4.69, 9.17) is 0 Å². The largest absolute Gasteiger partial charge is 0.310 e. The van der Waals surface area contributed by atoms with E-state index in [0.29, 0.717) is 0 Å². The molecule has 0 amide bonds. The maximum absolute atomic E-state index is 2.42. The van der Waals surface area contributed by atoms with E-state index >= 15 is 0 Å². The fraction of sp³-hybridized carbons (Fsp3) is 0. The molecular weight excluding hydrogens is 783 g/mol. The summed E-state index contributed by atoms with van der Waals surface area (Å²) in [6.07, 6.45) is 0. The third-order valence-electron chi connectivity index (χ3n) is 13.1. The van der Waals surface area contributed by atoms with Crippen LogP contribution in [0.15, 0.2) is 261 Å². The third kappa shape index (κ3) is 6.82. The predicted octanol–water partition coefficient (Wildman–Crippen LogP) is 18.1. The Hall–Kier alpha value is -8.52. The average molecular weight is 826 g/mol. The minimum Gasteiger partial charge on any atom is -0.310 e. The van der Waals surface area contributed by atoms with Gasteiger partial charge in [-0.2, -0.15) is 0 Å². The SMILES string of the molecule is c1ccc(-c2ccccc2-c2cccc(N(c3ccc(-c4ccc(-c5cc6c7ccccc7ccc6c6ccccc56)c5ccccc45)cc3)c3ccccc3-c3ccccc3)c2)cc1. The molecule has 12 aromatic rings. The molecule has 1 heteroatoms. The van der Waals surface area contributed by atoms with Crippen LogP contribution in [0.4, 0.5) is 17.1 Å². The Labute approximate surface area is 379 Å². The van der Waals surface area contributed by atoms with Gasteiger partial charge in [-0.25, -0.2) is 0 Å². The van der Waals surface area contributed by atoms with Crippen LogP contribution in [-0.4, -0.2) is 0 Å². The van der Waals surface area contributed by atoms with E-state index in [1.165, 1.54) is 98.7 Å². The van der Waals surface area contributed by atoms with Crippen LogP contribution in [0.25, 0.3) is 98.7 Å². The first-order chi connectivity index (χ1) is 32.3. The molecule has 65 heavy (non-hydrogen) atoms. The molecule has 0 atom stereocenters. The van der Waals surface area contributed by atoms with Crippen molar-refractivity contribution in [3.05, 3.63) is 261 Å². The minimum absolute atomic E-state index is 1.08. The van der Waals surface area contributed by atoms with Gasteiger partial charge in [0.25, 0.3) is 0 Å². The molecule has 0 fully saturated rings. The highest BCUT2D eigenvalue weighted by atomic mass is 15.1. The Morgan fingerprint density at radius 3 is 1.42 bits per heavy atom. The maximum atomic E-state index is 2.42. The Kier molecular flexibility index (Phi) is 9.58. The number of fused-ring (bicyclic) bond motifs is 6. The lowest BCUT2D eigenvalue weighted by Crippen LogP contribution is -2.11. The normalized spacial score (nSPS) is 11.4. The number of para-hydroxylation sites is 1. The van der Waals surface area contributed by atoms with Crippen LogP contribution in [0.2, 0.25) is 0 Å². The molecule has 0 N–H and O–H groups in total. The molecule has 0 saturated carbocycles. The van der Waals surface area contributed by atoms with Crippen LogP contribution in [0.3, 0.4) is 0 Å². The van der Waals surface area contributed by atoms with E-state index in [2.05, 4.69) is 266 Å². The Balaban J connectivity index is 0.993. The second kappa shape index (κ2) is 16.3. The number of benzene rings is 12. The molecule has 12 rings (SSSR count). The zero-order valence-corrected chi connectivity index (χ0v) is 35.8. The van der Waals surface area contributed by atoms with Crippen molar-refractivity contribution in [3.8, 4) is 55.6 Å². The molecule has 0 spiro atoms. The van der Waals surface area contributed by atoms with E-state index in [0.717, 1.165) is 17.1 Å². The molecule has 0 aromatic heterocycles. The summed E-state index contributed by atoms with van der Waals surface area (Å²) in [4.78, 5) is 2.41. The highest BCUT2D eigenvalue weighted by molar-refractivity contribution is 6.22. The number of rotatable bonds is 8. The van der Waals surface area contributed by atoms with Gasteiger partial charge >= 0.3 is 0 Å². The first-order valence-electron chi connectivity index (χ1n) is 22.4. The average Bonchev–Trinajstić information content (AvgIpc) is 3.39. The predicted molar refractivity (Wildman–Crippen MR) is 278 cm³/mol. The Bertz CT molecular complexity index is 3700. The van der Waals surface area contributed by atoms with E-state index in [1.807, 2.05) is 0 Å². The molecule has 1 nitrogen and oxygen atoms in total. The molecule has 304 valence electrons. The van der Waals surface area contributed by atoms with Gasteiger partial charge in [-0.3, -0.25) is 0 Å². The molecule has 0 bridgehead atoms. The minimum atomic E-state index is 1.08. The van der Waals surface area contributed by atoms with E-state index in [1.54, 1.807) is 0 Å². The standard InChI is InChI=1S/C64H43N/c1-3-18-44(19-4-1)51-25-9-10-27-53(51)48-23-17-24-50(42-48)65(64-33-16-15-28-55(64)45-20-5-2-6-21-45)49-37-34-47(35-38-49)54-40-41-61(57-30-12-11-29-56(54)57)63-43-62-52-26-8-7-22-46(52)36-39-60(62)58-31-13-14-32-59(58)63/h1-43H. The second-order valence-electron chi connectivity index (χ2n) is 16.8. The molecule has 0 saturated heterocycles. The van der Waals surface area contributed by atoms with E-state index in [9.17, 15) is 0 Å². The third-order valence-corrected chi connectivity index (χ3v) is 13.1. The van der Waals surface area contributed by atoms with Gasteiger partial charge in [0.15, 0.2) is 0 Å². The van der Waals surface area contributed by atoms with Gasteiger partial charge in [-0.1, -0.05) is 224 Å². The van der Waals surface area contributed by atoms with Crippen molar-refractivity contribution < 1.29 is 0 Å². The summed E-state index contributed by atoms with van der Waals surface area (Å²) in [7, 11) is 0. The van der Waals surface area contributed by atoms with Crippen molar-refractivity contribution >= 4 is 60.2 Å². The zero-order valence-electron chi connectivity index (χ0n) is 35.8. The molecule has 0 aliphatic heterocycles. The lowest BCUT2D eigenvalue weighted by atomic mass is 9.87. The van der Waals surface area contributed by atoms with Gasteiger partial charge in [-0.15, -0.1) is 0 Å². The fourth-order valence-corrected chi connectivity index (χ4v) is 10.0. The quantitative estimate of drug-likeness (QED) is 0.138. The summed E-state index contributed by atoms with van der Waals surface area (Å²) < 4.78 is 0. The summed E-state index contributed by atoms with van der Waals surface area (Å²) in [5, 5.41) is 10.1. The van der Waals surface area contributed by atoms with Gasteiger partial charge in [0.2, 0.25) is 0 Å². The van der Waals surface area contributed by atoms with Crippen LogP contribution < -0.4 is 4.90 Å². The molecule has 0 heterocycles. The highest BCUT2D eigenvalue weighted by Gasteiger charge is 2.20. The van der Waals surface area contributed by atoms with Crippen molar-refractivity contribution in [3.63, 3.8) is 0 Å². The second-order valence-corrected chi connectivity index (χ2v) is 16.8. The van der Waals surface area contributed by atoms with Gasteiger partial charge in [0.05, 0.1) is 5.69 Å². The number of anilines is 3. The Morgan fingerprint density at radius 1 is 0.200 bits per heavy atom. The molecular formula is C64H43N. The van der Waals surface area contributed by atoms with E-state index < -0.39 is 0 Å². The zero-order chi connectivity index (χ0) is 43.1. The molecule has 0 aliphatic rings. The topological polar surface area (TPSA) is 3.24 Å². The van der Waals surface area contributed by atoms with Gasteiger partial charge in [0, 0.05) is 16.9 Å².